The monoisotopic (exact) mass is 1930 g/mol. The molecule has 21 aromatic carbocycles. The minimum Gasteiger partial charge on any atom is -0.456 e. The summed E-state index contributed by atoms with van der Waals surface area (Å²) in [5.74, 6) is 2.17. The number of benzene rings is 21. The lowest BCUT2D eigenvalue weighted by Gasteiger charge is -2.12. The molecule has 0 N–H and O–H groups in total. The maximum Gasteiger partial charge on any atom is 0.161 e. The summed E-state index contributed by atoms with van der Waals surface area (Å²) < 4.78 is 21.0. The van der Waals surface area contributed by atoms with Gasteiger partial charge in [-0.25, -0.2) is 29.9 Å². The number of thiophene rings is 3. The first-order valence-corrected chi connectivity index (χ1v) is 51.8. The summed E-state index contributed by atoms with van der Waals surface area (Å²) in [4.78, 5) is 34.5. The highest BCUT2D eigenvalue weighted by molar-refractivity contribution is 7.26. The average Bonchev–Trinajstić information content (AvgIpc) is 1.57. The largest absolute Gasteiger partial charge is 0.456 e. The lowest BCUT2D eigenvalue weighted by Crippen LogP contribution is -1.97. The number of hydrogen-bond acceptors (Lipinski definition) is 11. The Morgan fingerprint density at radius 2 is 0.517 bits per heavy atom. The Kier molecular flexibility index (Phi) is 20.3. The highest BCUT2D eigenvalue weighted by Gasteiger charge is 2.26. The van der Waals surface area contributed by atoms with Crippen LogP contribution < -0.4 is 0 Å². The highest BCUT2D eigenvalue weighted by atomic mass is 32.1. The lowest BCUT2D eigenvalue weighted by atomic mass is 9.96. The molecule has 10 nitrogen and oxygen atoms in total. The molecule has 31 rings (SSSR count). The molecule has 13 heteroatoms. The van der Waals surface area contributed by atoms with Gasteiger partial charge in [0.25, 0.3) is 0 Å². The van der Waals surface area contributed by atoms with E-state index in [4.69, 9.17) is 38.7 Å². The quantitative estimate of drug-likeness (QED) is 0.119. The van der Waals surface area contributed by atoms with Crippen LogP contribution in [0.3, 0.4) is 0 Å². The van der Waals surface area contributed by atoms with E-state index in [-0.39, 0.29) is 0 Å². The van der Waals surface area contributed by atoms with Gasteiger partial charge < -0.3 is 18.0 Å². The molecular weight excluding hydrogens is 1850 g/mol. The molecule has 0 spiro atoms. The molecule has 0 saturated heterocycles. The third kappa shape index (κ3) is 14.6. The van der Waals surface area contributed by atoms with Crippen LogP contribution in [-0.4, -0.2) is 39.0 Å². The zero-order valence-corrected chi connectivity index (χ0v) is 81.3. The van der Waals surface area contributed by atoms with Crippen LogP contribution in [0.15, 0.2) is 494 Å². The van der Waals surface area contributed by atoms with Crippen LogP contribution in [0, 0.1) is 0 Å². The minimum absolute atomic E-state index is 0.717. The standard InChI is InChI=1S/C50H29N3OS.C46H28N2OS.C38H23N3S/c1-2-12-31(13-3-1)48-47-38-18-7-9-20-45(38)55-50(47)52-49(51-48)34-14-10-15-35(27-34)53-41-24-22-32(29-40(41)46-36-16-5-4-11-30(36)21-25-42(46)53)33-23-26-44-39(28-33)37-17-6-8-19-43(37)54-44;1-2-12-29(13-3-1)30-14-9-18-34(27-30)43-42-39-21-5-7-25-41(39)50-46(42)48-45(47-43)35-19-10-16-32(28-35)31-15-8-17-33(26-31)36-22-11-23-38-37-20-4-6-24-40(37)49-44(36)38;1-2-12-25(13-3-1)36-35-30-18-7-9-20-33(30)42-38(35)40-37(39-36)26-14-10-15-27(23-26)41-31-19-8-6-17-29(31)34-28-16-5-4-11-24(28)21-22-32(34)41/h1-29H;1-28H;1-23H. The van der Waals surface area contributed by atoms with E-state index in [9.17, 15) is 0 Å². The Morgan fingerprint density at radius 1 is 0.177 bits per heavy atom. The molecule has 0 saturated carbocycles. The second kappa shape index (κ2) is 35.1. The molecule has 0 fully saturated rings. The number of para-hydroxylation sites is 4. The summed E-state index contributed by atoms with van der Waals surface area (Å²) in [5.41, 5.74) is 28.6. The molecular formula is C134H80N8O2S3. The van der Waals surface area contributed by atoms with E-state index in [1.807, 2.05) is 30.3 Å². The molecule has 0 aliphatic heterocycles. The third-order valence-electron chi connectivity index (χ3n) is 28.7. The van der Waals surface area contributed by atoms with Crippen LogP contribution in [0.2, 0.25) is 0 Å². The second-order valence-electron chi connectivity index (χ2n) is 37.3. The van der Waals surface area contributed by atoms with Crippen molar-refractivity contribution < 1.29 is 8.83 Å². The van der Waals surface area contributed by atoms with Gasteiger partial charge in [0.2, 0.25) is 0 Å². The van der Waals surface area contributed by atoms with E-state index < -0.39 is 0 Å². The van der Waals surface area contributed by atoms with Crippen molar-refractivity contribution in [2.45, 2.75) is 0 Å². The Balaban J connectivity index is 0.000000105. The van der Waals surface area contributed by atoms with Crippen molar-refractivity contribution in [3.8, 4) is 124 Å². The van der Waals surface area contributed by atoms with Gasteiger partial charge >= 0.3 is 0 Å². The fraction of sp³-hybridized carbons (Fsp3) is 0. The van der Waals surface area contributed by atoms with Crippen molar-refractivity contribution in [2.75, 3.05) is 0 Å². The summed E-state index contributed by atoms with van der Waals surface area (Å²) in [6, 6.07) is 172. The van der Waals surface area contributed by atoms with Crippen molar-refractivity contribution in [3.05, 3.63) is 485 Å². The summed E-state index contributed by atoms with van der Waals surface area (Å²) >= 11 is 5.18. The van der Waals surface area contributed by atoms with Crippen LogP contribution in [0.4, 0.5) is 0 Å². The molecule has 686 valence electrons. The molecule has 0 aliphatic rings. The lowest BCUT2D eigenvalue weighted by molar-refractivity contribution is 0.669. The van der Waals surface area contributed by atoms with E-state index in [1.54, 1.807) is 34.0 Å². The zero-order valence-electron chi connectivity index (χ0n) is 78.8. The summed E-state index contributed by atoms with van der Waals surface area (Å²) in [6.07, 6.45) is 0. The van der Waals surface area contributed by atoms with Gasteiger partial charge in [-0.1, -0.05) is 370 Å². The van der Waals surface area contributed by atoms with Gasteiger partial charge in [-0.05, 0) is 176 Å². The van der Waals surface area contributed by atoms with Crippen LogP contribution in [0.1, 0.15) is 0 Å². The molecule has 10 aromatic heterocycles. The third-order valence-corrected chi connectivity index (χ3v) is 31.9. The van der Waals surface area contributed by atoms with Crippen LogP contribution in [0.5, 0.6) is 0 Å². The smallest absolute Gasteiger partial charge is 0.161 e. The van der Waals surface area contributed by atoms with Gasteiger partial charge in [0.05, 0.1) is 39.1 Å². The highest BCUT2D eigenvalue weighted by Crippen LogP contribution is 2.49. The number of rotatable bonds is 12. The van der Waals surface area contributed by atoms with Gasteiger partial charge in [0, 0.05) is 140 Å². The van der Waals surface area contributed by atoms with Crippen LogP contribution >= 0.6 is 34.0 Å². The fourth-order valence-electron chi connectivity index (χ4n) is 22.0. The van der Waals surface area contributed by atoms with Gasteiger partial charge in [0.15, 0.2) is 17.5 Å². The predicted molar refractivity (Wildman–Crippen MR) is 617 cm³/mol. The molecule has 10 heterocycles. The predicted octanol–water partition coefficient (Wildman–Crippen LogP) is 37.5. The summed E-state index contributed by atoms with van der Waals surface area (Å²) in [5, 5.41) is 21.4. The van der Waals surface area contributed by atoms with Crippen molar-refractivity contribution >= 4 is 204 Å². The van der Waals surface area contributed by atoms with E-state index in [1.165, 1.54) is 95.5 Å². The zero-order chi connectivity index (χ0) is 96.7. The maximum atomic E-state index is 6.38. The van der Waals surface area contributed by atoms with Gasteiger partial charge in [-0.3, -0.25) is 0 Å². The fourth-order valence-corrected chi connectivity index (χ4v) is 25.2. The number of aromatic nitrogens is 8. The first-order valence-electron chi connectivity index (χ1n) is 49.3. The Hall–Kier alpha value is -18.8. The Morgan fingerprint density at radius 3 is 1.06 bits per heavy atom. The SMILES string of the molecule is c1ccc(-c2cccc(-c3nc(-c4cccc(-c5cccc(-c6cccc7c6oc6ccccc67)c5)c4)nc4sc5ccccc5c34)c2)cc1.c1ccc(-c2nc(-c3cccc(-n4c5ccc(-c6ccc7oc8ccccc8c7c6)cc5c5c6ccccc6ccc54)c3)nc3sc4ccccc4c23)cc1.c1ccc(-c2nc(-c3cccc(-n4c5ccccc5c5c6ccccc6ccc54)c3)nc3sc4ccccc4c23)cc1. The second-order valence-corrected chi connectivity index (χ2v) is 40.4. The Labute approximate surface area is 854 Å². The molecule has 31 aromatic rings. The maximum absolute atomic E-state index is 6.38. The molecule has 0 unspecified atom stereocenters. The van der Waals surface area contributed by atoms with E-state index in [2.05, 4.69) is 464 Å². The number of nitrogens with zero attached hydrogens (tertiary/aromatic N) is 8. The first kappa shape index (κ1) is 85.1. The number of fused-ring (bicyclic) bond motifs is 25. The molecule has 0 radical (unpaired) electrons. The normalized spacial score (nSPS) is 11.8. The number of furan rings is 2. The van der Waals surface area contributed by atoms with Crippen molar-refractivity contribution in [3.63, 3.8) is 0 Å². The molecule has 0 bridgehead atoms. The summed E-state index contributed by atoms with van der Waals surface area (Å²) in [7, 11) is 0. The van der Waals surface area contributed by atoms with Crippen molar-refractivity contribution in [2.24, 2.45) is 0 Å². The summed E-state index contributed by atoms with van der Waals surface area (Å²) in [6.45, 7) is 0. The molecule has 0 amide bonds. The van der Waals surface area contributed by atoms with E-state index >= 15 is 0 Å². The van der Waals surface area contributed by atoms with Crippen molar-refractivity contribution in [1.82, 2.24) is 39.0 Å². The minimum atomic E-state index is 0.717. The number of hydrogen-bond donors (Lipinski definition) is 0. The van der Waals surface area contributed by atoms with Crippen LogP contribution in [0.25, 0.3) is 294 Å². The van der Waals surface area contributed by atoms with Gasteiger partial charge in [-0.15, -0.1) is 34.0 Å². The molecule has 147 heavy (non-hydrogen) atoms. The van der Waals surface area contributed by atoms with E-state index in [0.717, 1.165) is 192 Å². The van der Waals surface area contributed by atoms with Gasteiger partial charge in [-0.2, -0.15) is 0 Å². The Bertz CT molecular complexity index is 10800. The first-order chi connectivity index (χ1) is 72.8. The molecule has 0 aliphatic carbocycles. The van der Waals surface area contributed by atoms with E-state index in [0.29, 0.717) is 5.82 Å². The van der Waals surface area contributed by atoms with Crippen LogP contribution in [-0.2, 0) is 0 Å². The van der Waals surface area contributed by atoms with Crippen molar-refractivity contribution in [1.29, 1.82) is 0 Å². The topological polar surface area (TPSA) is 113 Å². The average molecular weight is 1930 g/mol. The molecule has 0 atom stereocenters. The van der Waals surface area contributed by atoms with Gasteiger partial charge in [0.1, 0.15) is 36.8 Å².